The molecule has 0 aromatic carbocycles. The average molecular weight is 385 g/mol. The van der Waals surface area contributed by atoms with Crippen molar-refractivity contribution < 1.29 is 10.2 Å². The Morgan fingerprint density at radius 3 is 2.48 bits per heavy atom. The van der Waals surface area contributed by atoms with Crippen LogP contribution in [0.3, 0.4) is 0 Å². The Morgan fingerprint density at radius 2 is 1.83 bits per heavy atom. The topological polar surface area (TPSA) is 40.5 Å². The third-order valence-corrected chi connectivity index (χ3v) is 10.2. The molecule has 132 valence electrons. The van der Waals surface area contributed by atoms with E-state index in [0.29, 0.717) is 22.6 Å². The predicted octanol–water partition coefficient (Wildman–Crippen LogP) is 4.37. The van der Waals surface area contributed by atoms with Gasteiger partial charge in [0.2, 0.25) is 0 Å². The molecule has 4 aliphatic rings. The van der Waals surface area contributed by atoms with Gasteiger partial charge in [-0.2, -0.15) is 0 Å². The summed E-state index contributed by atoms with van der Waals surface area (Å²) in [5, 5.41) is 22.5. The molecular weight excluding hydrogens is 352 g/mol. The summed E-state index contributed by atoms with van der Waals surface area (Å²) in [6, 6.07) is 0. The molecule has 9 atom stereocenters. The summed E-state index contributed by atoms with van der Waals surface area (Å²) in [6.45, 7) is 9.16. The molecule has 2 bridgehead atoms. The van der Waals surface area contributed by atoms with Crippen molar-refractivity contribution in [2.45, 2.75) is 82.8 Å². The highest BCUT2D eigenvalue weighted by Crippen LogP contribution is 2.74. The van der Waals surface area contributed by atoms with Crippen LogP contribution in [0.1, 0.15) is 66.2 Å². The van der Waals surface area contributed by atoms with Crippen molar-refractivity contribution in [3.63, 3.8) is 0 Å². The predicted molar refractivity (Wildman–Crippen MR) is 96.4 cm³/mol. The molecule has 0 heterocycles. The fourth-order valence-electron chi connectivity index (χ4n) is 7.90. The van der Waals surface area contributed by atoms with E-state index in [4.69, 9.17) is 0 Å². The molecule has 0 saturated heterocycles. The maximum atomic E-state index is 11.3. The maximum Gasteiger partial charge on any atom is 0.0657 e. The number of hydrogen-bond acceptors (Lipinski definition) is 2. The van der Waals surface area contributed by atoms with Crippen LogP contribution in [0.25, 0.3) is 0 Å². The molecule has 2 N–H and O–H groups in total. The van der Waals surface area contributed by atoms with Crippen LogP contribution < -0.4 is 0 Å². The van der Waals surface area contributed by atoms with E-state index in [9.17, 15) is 10.2 Å². The molecule has 0 aromatic heterocycles. The van der Waals surface area contributed by atoms with Gasteiger partial charge in [-0.25, -0.2) is 0 Å². The monoisotopic (exact) mass is 384 g/mol. The number of aliphatic hydroxyl groups excluding tert-OH is 1. The van der Waals surface area contributed by atoms with E-state index < -0.39 is 5.60 Å². The molecule has 2 nitrogen and oxygen atoms in total. The Morgan fingerprint density at radius 1 is 1.13 bits per heavy atom. The number of aliphatic hydroxyl groups is 2. The molecule has 3 heteroatoms. The van der Waals surface area contributed by atoms with Crippen molar-refractivity contribution in [1.29, 1.82) is 0 Å². The van der Waals surface area contributed by atoms with Crippen molar-refractivity contribution in [3.05, 3.63) is 0 Å². The molecule has 4 aliphatic carbocycles. The summed E-state index contributed by atoms with van der Waals surface area (Å²) in [7, 11) is 0. The third kappa shape index (κ3) is 1.99. The zero-order valence-electron chi connectivity index (χ0n) is 15.1. The first-order chi connectivity index (χ1) is 10.6. The summed E-state index contributed by atoms with van der Waals surface area (Å²) in [6.07, 6.45) is 6.57. The quantitative estimate of drug-likeness (QED) is 0.658. The Labute approximate surface area is 149 Å². The molecule has 4 fully saturated rings. The van der Waals surface area contributed by atoms with Gasteiger partial charge in [0, 0.05) is 4.83 Å². The second-order valence-electron chi connectivity index (χ2n) is 10.1. The highest BCUT2D eigenvalue weighted by molar-refractivity contribution is 9.09. The Kier molecular flexibility index (Phi) is 3.65. The molecule has 0 aromatic rings. The summed E-state index contributed by atoms with van der Waals surface area (Å²) in [5.41, 5.74) is -0.231. The number of alkyl halides is 1. The Bertz CT molecular complexity index is 504. The summed E-state index contributed by atoms with van der Waals surface area (Å²) < 4.78 is 0. The van der Waals surface area contributed by atoms with E-state index in [1.54, 1.807) is 0 Å². The molecule has 1 unspecified atom stereocenters. The zero-order chi connectivity index (χ0) is 16.8. The molecule has 23 heavy (non-hydrogen) atoms. The molecular formula is C20H33BrO2. The minimum Gasteiger partial charge on any atom is -0.393 e. The second-order valence-corrected chi connectivity index (χ2v) is 11.3. The fourth-order valence-corrected chi connectivity index (χ4v) is 8.64. The van der Waals surface area contributed by atoms with Crippen molar-refractivity contribution in [2.24, 2.45) is 40.4 Å². The van der Waals surface area contributed by atoms with E-state index >= 15 is 0 Å². The standard InChI is InChI=1S/C20H33BrO2/c1-11(2)13-9-12-10-20(13)8-7-18(3)14(21)5-6-19(4,23)17(18)15(20)16(12)22/h11-17,22-23H,5-10H2,1-4H3/t12-,13?,14-,15-,16-,17-,18+,19+,20-/m0/s1. The van der Waals surface area contributed by atoms with Crippen LogP contribution in [0.2, 0.25) is 0 Å². The minimum atomic E-state index is -0.635. The summed E-state index contributed by atoms with van der Waals surface area (Å²) >= 11 is 3.96. The van der Waals surface area contributed by atoms with Crippen LogP contribution in [0, 0.1) is 40.4 Å². The Balaban J connectivity index is 1.81. The van der Waals surface area contributed by atoms with Gasteiger partial charge in [0.05, 0.1) is 11.7 Å². The first kappa shape index (κ1) is 16.8. The van der Waals surface area contributed by atoms with Gasteiger partial charge in [0.1, 0.15) is 0 Å². The van der Waals surface area contributed by atoms with E-state index in [1.165, 1.54) is 25.7 Å². The smallest absolute Gasteiger partial charge is 0.0657 e. The van der Waals surface area contributed by atoms with Crippen LogP contribution >= 0.6 is 15.9 Å². The lowest BCUT2D eigenvalue weighted by Gasteiger charge is -2.64. The molecule has 0 amide bonds. The van der Waals surface area contributed by atoms with Gasteiger partial charge in [-0.3, -0.25) is 0 Å². The van der Waals surface area contributed by atoms with Gasteiger partial charge < -0.3 is 10.2 Å². The third-order valence-electron chi connectivity index (χ3n) is 8.75. The summed E-state index contributed by atoms with van der Waals surface area (Å²) in [4.78, 5) is 0.474. The normalized spacial score (nSPS) is 61.6. The van der Waals surface area contributed by atoms with E-state index in [0.717, 1.165) is 18.8 Å². The van der Waals surface area contributed by atoms with Crippen LogP contribution in [0.15, 0.2) is 0 Å². The van der Waals surface area contributed by atoms with Gasteiger partial charge in [-0.15, -0.1) is 0 Å². The fraction of sp³-hybridized carbons (Fsp3) is 1.00. The molecule has 4 rings (SSSR count). The highest BCUT2D eigenvalue weighted by Gasteiger charge is 2.72. The molecule has 1 spiro atoms. The van der Waals surface area contributed by atoms with E-state index in [2.05, 4.69) is 43.6 Å². The van der Waals surface area contributed by atoms with Crippen LogP contribution in [-0.2, 0) is 0 Å². The van der Waals surface area contributed by atoms with Crippen molar-refractivity contribution in [2.75, 3.05) is 0 Å². The zero-order valence-corrected chi connectivity index (χ0v) is 16.6. The maximum absolute atomic E-state index is 11.3. The molecule has 0 aliphatic heterocycles. The van der Waals surface area contributed by atoms with Crippen molar-refractivity contribution >= 4 is 15.9 Å². The van der Waals surface area contributed by atoms with Crippen molar-refractivity contribution in [1.82, 2.24) is 0 Å². The van der Waals surface area contributed by atoms with Crippen molar-refractivity contribution in [3.8, 4) is 0 Å². The first-order valence-corrected chi connectivity index (χ1v) is 10.6. The number of rotatable bonds is 1. The largest absolute Gasteiger partial charge is 0.393 e. The SMILES string of the molecule is CC(C)C1C[C@H]2C[C@@]13CC[C@]1(C)[C@@H](Br)CC[C@@](C)(O)[C@H]1[C@@H]3[C@H]2O. The Hall–Kier alpha value is 0.400. The second kappa shape index (κ2) is 4.98. The lowest BCUT2D eigenvalue weighted by Crippen LogP contribution is -2.64. The number of hydrogen-bond donors (Lipinski definition) is 2. The summed E-state index contributed by atoms with van der Waals surface area (Å²) in [5.74, 6) is 2.41. The van der Waals surface area contributed by atoms with Crippen LogP contribution in [-0.4, -0.2) is 26.7 Å². The van der Waals surface area contributed by atoms with Gasteiger partial charge in [-0.1, -0.05) is 36.7 Å². The van der Waals surface area contributed by atoms with Gasteiger partial charge >= 0.3 is 0 Å². The minimum absolute atomic E-state index is 0.116. The molecule has 4 saturated carbocycles. The van der Waals surface area contributed by atoms with Crippen LogP contribution in [0.5, 0.6) is 0 Å². The average Bonchev–Trinajstić information content (AvgIpc) is 2.97. The lowest BCUT2D eigenvalue weighted by molar-refractivity contribution is -0.204. The van der Waals surface area contributed by atoms with Gasteiger partial charge in [0.25, 0.3) is 0 Å². The first-order valence-electron chi connectivity index (χ1n) is 9.68. The lowest BCUT2D eigenvalue weighted by atomic mass is 9.43. The van der Waals surface area contributed by atoms with E-state index in [1.807, 2.05) is 0 Å². The molecule has 0 radical (unpaired) electrons. The van der Waals surface area contributed by atoms with Crippen LogP contribution in [0.4, 0.5) is 0 Å². The van der Waals surface area contributed by atoms with E-state index in [-0.39, 0.29) is 22.9 Å². The van der Waals surface area contributed by atoms with Gasteiger partial charge in [-0.05, 0) is 85.9 Å². The number of halogens is 1. The van der Waals surface area contributed by atoms with Gasteiger partial charge in [0.15, 0.2) is 0 Å². The number of fused-ring (bicyclic) bond motifs is 3. The highest BCUT2D eigenvalue weighted by atomic mass is 79.9.